The number of carbonyl (C=O) groups excluding carboxylic acids is 4. The van der Waals surface area contributed by atoms with Gasteiger partial charge in [0.25, 0.3) is 0 Å². The molecule has 8 heteroatoms. The molecule has 0 amide bonds. The number of carboxylic acid groups (broad SMARTS) is 1. The van der Waals surface area contributed by atoms with Gasteiger partial charge in [0.05, 0.1) is 17.4 Å². The summed E-state index contributed by atoms with van der Waals surface area (Å²) < 4.78 is 0. The number of aliphatic hydroxyl groups excluding tert-OH is 2. The highest BCUT2D eigenvalue weighted by atomic mass is 16.4. The summed E-state index contributed by atoms with van der Waals surface area (Å²) in [6, 6.07) is 0. The number of allylic oxidation sites excluding steroid dienone is 2. The molecule has 0 aromatic carbocycles. The zero-order valence-corrected chi connectivity index (χ0v) is 23.4. The Morgan fingerprint density at radius 3 is 2.24 bits per heavy atom. The van der Waals surface area contributed by atoms with Crippen LogP contribution in [0.25, 0.3) is 0 Å². The average molecular weight is 529 g/mol. The number of aliphatic carboxylic acids is 1. The Morgan fingerprint density at radius 2 is 1.66 bits per heavy atom. The quantitative estimate of drug-likeness (QED) is 0.461. The zero-order valence-electron chi connectivity index (χ0n) is 23.4. The van der Waals surface area contributed by atoms with Gasteiger partial charge in [-0.3, -0.25) is 24.0 Å². The molecule has 4 aliphatic carbocycles. The van der Waals surface area contributed by atoms with E-state index in [1.165, 1.54) is 13.0 Å². The molecule has 0 heterocycles. The summed E-state index contributed by atoms with van der Waals surface area (Å²) in [7, 11) is 0. The van der Waals surface area contributed by atoms with E-state index in [1.54, 1.807) is 20.8 Å². The maximum absolute atomic E-state index is 14.1. The van der Waals surface area contributed by atoms with Gasteiger partial charge in [-0.15, -0.1) is 0 Å². The van der Waals surface area contributed by atoms with Gasteiger partial charge in [0, 0.05) is 41.1 Å². The standard InChI is InChI=1S/C30H40O8/c1-14(10-16(31)11-15(2)26(37)38)17-12-21(34)30(7)22-18(32)13-19-27(3,4)20(33)8-9-28(19,5)23(22)24(35)25(36)29(17,30)6/h10,15,17-19,25,32,36H,8-9,11-13H2,1-7H3,(H,37,38)/b14-10+/t15-,17+,18-,19-,25+,28-,29-,30-/m0/s1. The maximum Gasteiger partial charge on any atom is 0.306 e. The Labute approximate surface area is 223 Å². The molecule has 4 rings (SSSR count). The van der Waals surface area contributed by atoms with Crippen LogP contribution in [0, 0.1) is 39.4 Å². The lowest BCUT2D eigenvalue weighted by Gasteiger charge is -2.61. The summed E-state index contributed by atoms with van der Waals surface area (Å²) in [5, 5.41) is 32.4. The second kappa shape index (κ2) is 8.78. The van der Waals surface area contributed by atoms with Gasteiger partial charge in [-0.1, -0.05) is 40.2 Å². The van der Waals surface area contributed by atoms with Crippen LogP contribution in [-0.4, -0.2) is 56.6 Å². The van der Waals surface area contributed by atoms with Crippen LogP contribution in [0.5, 0.6) is 0 Å². The van der Waals surface area contributed by atoms with Crippen molar-refractivity contribution in [2.24, 2.45) is 39.4 Å². The minimum Gasteiger partial charge on any atom is -0.481 e. The molecule has 0 bridgehead atoms. The van der Waals surface area contributed by atoms with Crippen molar-refractivity contribution in [3.63, 3.8) is 0 Å². The van der Waals surface area contributed by atoms with E-state index in [2.05, 4.69) is 0 Å². The lowest BCUT2D eigenvalue weighted by molar-refractivity contribution is -0.156. The molecule has 2 saturated carbocycles. The van der Waals surface area contributed by atoms with E-state index in [0.717, 1.165) is 0 Å². The highest BCUT2D eigenvalue weighted by molar-refractivity contribution is 6.08. The number of carbonyl (C=O) groups is 5. The highest BCUT2D eigenvalue weighted by Gasteiger charge is 2.73. The first-order valence-electron chi connectivity index (χ1n) is 13.5. The third-order valence-corrected chi connectivity index (χ3v) is 11.1. The first-order valence-corrected chi connectivity index (χ1v) is 13.5. The van der Waals surface area contributed by atoms with Gasteiger partial charge in [-0.25, -0.2) is 0 Å². The van der Waals surface area contributed by atoms with Crippen molar-refractivity contribution < 1.29 is 39.3 Å². The summed E-state index contributed by atoms with van der Waals surface area (Å²) in [5.41, 5.74) is -3.05. The molecule has 0 unspecified atom stereocenters. The van der Waals surface area contributed by atoms with E-state index >= 15 is 0 Å². The molecule has 8 atom stereocenters. The van der Waals surface area contributed by atoms with Crippen molar-refractivity contribution in [1.29, 1.82) is 0 Å². The van der Waals surface area contributed by atoms with E-state index in [1.807, 2.05) is 20.8 Å². The number of Topliss-reactive ketones (excluding diaryl/α,β-unsaturated/α-hetero) is 3. The number of aliphatic hydroxyl groups is 2. The van der Waals surface area contributed by atoms with E-state index in [4.69, 9.17) is 5.11 Å². The van der Waals surface area contributed by atoms with Crippen molar-refractivity contribution in [1.82, 2.24) is 0 Å². The zero-order chi connectivity index (χ0) is 28.7. The molecule has 208 valence electrons. The van der Waals surface area contributed by atoms with Crippen LogP contribution in [0.3, 0.4) is 0 Å². The summed E-state index contributed by atoms with van der Waals surface area (Å²) in [4.78, 5) is 64.6. The molecule has 2 fully saturated rings. The number of hydrogen-bond donors (Lipinski definition) is 3. The third-order valence-electron chi connectivity index (χ3n) is 11.1. The average Bonchev–Trinajstić information content (AvgIpc) is 3.03. The number of fused-ring (bicyclic) bond motifs is 4. The Bertz CT molecular complexity index is 1210. The molecule has 3 N–H and O–H groups in total. The van der Waals surface area contributed by atoms with Crippen molar-refractivity contribution >= 4 is 29.1 Å². The first-order chi connectivity index (χ1) is 17.4. The van der Waals surface area contributed by atoms with Crippen LogP contribution in [0.1, 0.15) is 80.6 Å². The lowest BCUT2D eigenvalue weighted by atomic mass is 9.42. The van der Waals surface area contributed by atoms with Crippen LogP contribution < -0.4 is 0 Å². The normalized spacial score (nSPS) is 41.4. The Kier molecular flexibility index (Phi) is 6.60. The summed E-state index contributed by atoms with van der Waals surface area (Å²) in [6.45, 7) is 12.1. The minimum atomic E-state index is -1.55. The topological polar surface area (TPSA) is 146 Å². The van der Waals surface area contributed by atoms with E-state index in [0.29, 0.717) is 23.1 Å². The second-order valence-electron chi connectivity index (χ2n) is 13.3. The van der Waals surface area contributed by atoms with Gasteiger partial charge < -0.3 is 15.3 Å². The molecule has 0 radical (unpaired) electrons. The Hall–Kier alpha value is -2.45. The number of carboxylic acids is 1. The number of hydrogen-bond acceptors (Lipinski definition) is 7. The fourth-order valence-electron chi connectivity index (χ4n) is 8.53. The summed E-state index contributed by atoms with van der Waals surface area (Å²) in [5.74, 6) is -3.99. The van der Waals surface area contributed by atoms with E-state index < -0.39 is 63.2 Å². The molecule has 8 nitrogen and oxygen atoms in total. The van der Waals surface area contributed by atoms with Gasteiger partial charge in [-0.05, 0) is 50.2 Å². The molecule has 0 aliphatic heterocycles. The van der Waals surface area contributed by atoms with Gasteiger partial charge in [0.15, 0.2) is 11.6 Å². The molecular formula is C30H40O8. The fourth-order valence-corrected chi connectivity index (χ4v) is 8.53. The second-order valence-corrected chi connectivity index (χ2v) is 13.3. The third kappa shape index (κ3) is 3.52. The van der Waals surface area contributed by atoms with Crippen LogP contribution in [0.4, 0.5) is 0 Å². The van der Waals surface area contributed by atoms with Crippen molar-refractivity contribution in [2.75, 3.05) is 0 Å². The van der Waals surface area contributed by atoms with E-state index in [-0.39, 0.29) is 43.2 Å². The highest BCUT2D eigenvalue weighted by Crippen LogP contribution is 2.70. The van der Waals surface area contributed by atoms with Crippen LogP contribution in [0.2, 0.25) is 0 Å². The summed E-state index contributed by atoms with van der Waals surface area (Å²) >= 11 is 0. The monoisotopic (exact) mass is 528 g/mol. The maximum atomic E-state index is 14.1. The molecule has 0 saturated heterocycles. The van der Waals surface area contributed by atoms with Crippen molar-refractivity contribution in [2.45, 2.75) is 92.8 Å². The molecule has 0 aromatic rings. The number of ketones is 4. The van der Waals surface area contributed by atoms with Crippen LogP contribution in [0.15, 0.2) is 22.8 Å². The SMILES string of the molecule is C/C(=C\C(=O)C[C@H](C)C(=O)O)[C@H]1CC(=O)[C@@]2(C)C3=C(C(=O)[C@@H](O)[C@]12C)[C@@]1(C)CCC(=O)C(C)(C)[C@@H]1C[C@@H]3O. The Morgan fingerprint density at radius 1 is 1.05 bits per heavy atom. The molecular weight excluding hydrogens is 488 g/mol. The van der Waals surface area contributed by atoms with E-state index in [9.17, 15) is 34.2 Å². The largest absolute Gasteiger partial charge is 0.481 e. The first kappa shape index (κ1) is 28.6. The molecule has 0 spiro atoms. The summed E-state index contributed by atoms with van der Waals surface area (Å²) in [6.07, 6.45) is -0.647. The molecule has 0 aromatic heterocycles. The van der Waals surface area contributed by atoms with Gasteiger partial charge in [0.2, 0.25) is 0 Å². The minimum absolute atomic E-state index is 0.0188. The smallest absolute Gasteiger partial charge is 0.306 e. The predicted molar refractivity (Wildman–Crippen MR) is 138 cm³/mol. The Balaban J connectivity index is 1.86. The number of rotatable bonds is 5. The van der Waals surface area contributed by atoms with Gasteiger partial charge in [-0.2, -0.15) is 0 Å². The lowest BCUT2D eigenvalue weighted by Crippen LogP contribution is -2.64. The van der Waals surface area contributed by atoms with Crippen molar-refractivity contribution in [3.05, 3.63) is 22.8 Å². The van der Waals surface area contributed by atoms with Crippen molar-refractivity contribution in [3.8, 4) is 0 Å². The molecule has 38 heavy (non-hydrogen) atoms. The fraction of sp³-hybridized carbons (Fsp3) is 0.700. The van der Waals surface area contributed by atoms with Gasteiger partial charge in [0.1, 0.15) is 17.7 Å². The van der Waals surface area contributed by atoms with Gasteiger partial charge >= 0.3 is 5.97 Å². The van der Waals surface area contributed by atoms with Crippen LogP contribution in [-0.2, 0) is 24.0 Å². The molecule has 4 aliphatic rings. The predicted octanol–water partition coefficient (Wildman–Crippen LogP) is 3.23. The van der Waals surface area contributed by atoms with Crippen LogP contribution >= 0.6 is 0 Å².